The summed E-state index contributed by atoms with van der Waals surface area (Å²) in [7, 11) is 1.78. The molecule has 0 aliphatic rings. The number of carboxylic acid groups (broad SMARTS) is 1. The van der Waals surface area contributed by atoms with Crippen molar-refractivity contribution in [2.24, 2.45) is 7.05 Å². The third kappa shape index (κ3) is 2.06. The van der Waals surface area contributed by atoms with E-state index in [9.17, 15) is 4.79 Å². The van der Waals surface area contributed by atoms with E-state index in [0.29, 0.717) is 11.3 Å². The van der Waals surface area contributed by atoms with Gasteiger partial charge in [-0.15, -0.1) is 0 Å². The van der Waals surface area contributed by atoms with Gasteiger partial charge in [-0.2, -0.15) is 5.10 Å². The normalized spacial score (nSPS) is 11.1. The number of hydrogen-bond donors (Lipinski definition) is 2. The number of aromatic nitrogens is 3. The zero-order valence-corrected chi connectivity index (χ0v) is 9.93. The Hall–Kier alpha value is -2.11. The smallest absolute Gasteiger partial charge is 0.339 e. The Bertz CT molecular complexity index is 574. The van der Waals surface area contributed by atoms with Crippen LogP contribution in [0.1, 0.15) is 24.2 Å². The number of fused-ring (bicyclic) bond motifs is 1. The average molecular weight is 234 g/mol. The number of hydrogen-bond acceptors (Lipinski definition) is 4. The van der Waals surface area contributed by atoms with Crippen molar-refractivity contribution >= 4 is 22.7 Å². The molecule has 0 amide bonds. The van der Waals surface area contributed by atoms with Gasteiger partial charge in [-0.3, -0.25) is 4.68 Å². The van der Waals surface area contributed by atoms with E-state index < -0.39 is 5.97 Å². The second kappa shape index (κ2) is 4.04. The summed E-state index contributed by atoms with van der Waals surface area (Å²) in [5.41, 5.74) is 1.28. The molecule has 0 aliphatic heterocycles. The lowest BCUT2D eigenvalue weighted by Crippen LogP contribution is -2.14. The molecule has 90 valence electrons. The highest BCUT2D eigenvalue weighted by Gasteiger charge is 2.16. The highest BCUT2D eigenvalue weighted by Crippen LogP contribution is 2.25. The van der Waals surface area contributed by atoms with Crippen LogP contribution >= 0.6 is 0 Å². The lowest BCUT2D eigenvalue weighted by Gasteiger charge is -2.12. The van der Waals surface area contributed by atoms with Crippen LogP contribution in [-0.2, 0) is 7.05 Å². The molecule has 2 rings (SSSR count). The van der Waals surface area contributed by atoms with Crippen LogP contribution in [0.5, 0.6) is 0 Å². The molecule has 0 aliphatic carbocycles. The fourth-order valence-corrected chi connectivity index (χ4v) is 1.69. The molecule has 6 nitrogen and oxygen atoms in total. The number of pyridine rings is 1. The van der Waals surface area contributed by atoms with Gasteiger partial charge in [-0.1, -0.05) is 0 Å². The number of carboxylic acids is 1. The molecule has 0 spiro atoms. The summed E-state index contributed by atoms with van der Waals surface area (Å²) in [4.78, 5) is 15.2. The number of aryl methyl sites for hydroxylation is 1. The SMILES string of the molecule is CC(C)Nc1c(C(=O)O)cnc2nn(C)cc12. The monoisotopic (exact) mass is 234 g/mol. The van der Waals surface area contributed by atoms with E-state index in [1.54, 1.807) is 17.9 Å². The predicted molar refractivity (Wildman–Crippen MR) is 64.2 cm³/mol. The molecule has 6 heteroatoms. The van der Waals surface area contributed by atoms with Gasteiger partial charge in [0.1, 0.15) is 5.56 Å². The number of anilines is 1. The zero-order valence-electron chi connectivity index (χ0n) is 9.93. The second-order valence-corrected chi connectivity index (χ2v) is 4.19. The third-order valence-electron chi connectivity index (χ3n) is 2.33. The average Bonchev–Trinajstić information content (AvgIpc) is 2.58. The summed E-state index contributed by atoms with van der Waals surface area (Å²) in [6.45, 7) is 3.91. The highest BCUT2D eigenvalue weighted by molar-refractivity contribution is 6.03. The molecular formula is C11H14N4O2. The Balaban J connectivity index is 2.69. The molecule has 0 saturated heterocycles. The maximum Gasteiger partial charge on any atom is 0.339 e. The van der Waals surface area contributed by atoms with Gasteiger partial charge in [-0.25, -0.2) is 9.78 Å². The highest BCUT2D eigenvalue weighted by atomic mass is 16.4. The van der Waals surface area contributed by atoms with Crippen molar-refractivity contribution in [1.29, 1.82) is 0 Å². The van der Waals surface area contributed by atoms with Gasteiger partial charge in [0.05, 0.1) is 11.1 Å². The Morgan fingerprint density at radius 3 is 2.82 bits per heavy atom. The van der Waals surface area contributed by atoms with E-state index in [1.165, 1.54) is 6.20 Å². The van der Waals surface area contributed by atoms with Gasteiger partial charge in [0.25, 0.3) is 0 Å². The number of carbonyl (C=O) groups is 1. The van der Waals surface area contributed by atoms with E-state index in [4.69, 9.17) is 5.11 Å². The Morgan fingerprint density at radius 1 is 1.53 bits per heavy atom. The van der Waals surface area contributed by atoms with Crippen molar-refractivity contribution in [2.45, 2.75) is 19.9 Å². The minimum atomic E-state index is -0.994. The number of nitrogens with one attached hydrogen (secondary N) is 1. The van der Waals surface area contributed by atoms with Crippen LogP contribution in [0.2, 0.25) is 0 Å². The standard InChI is InChI=1S/C11H14N4O2/c1-6(2)13-9-7(11(16)17)4-12-10-8(9)5-15(3)14-10/h4-6,13H,1-3H3,(H,16,17). The van der Waals surface area contributed by atoms with Gasteiger partial charge < -0.3 is 10.4 Å². The molecule has 0 aromatic carbocycles. The summed E-state index contributed by atoms with van der Waals surface area (Å²) in [6, 6.07) is 0.138. The first-order chi connectivity index (χ1) is 7.99. The van der Waals surface area contributed by atoms with Crippen molar-refractivity contribution in [3.8, 4) is 0 Å². The number of aromatic carboxylic acids is 1. The van der Waals surface area contributed by atoms with Gasteiger partial charge >= 0.3 is 5.97 Å². The molecule has 0 saturated carbocycles. The largest absolute Gasteiger partial charge is 0.478 e. The molecule has 0 radical (unpaired) electrons. The molecule has 0 unspecified atom stereocenters. The summed E-state index contributed by atoms with van der Waals surface area (Å²) >= 11 is 0. The number of nitrogens with zero attached hydrogens (tertiary/aromatic N) is 3. The predicted octanol–water partition coefficient (Wildman–Crippen LogP) is 1.49. The van der Waals surface area contributed by atoms with E-state index in [1.807, 2.05) is 13.8 Å². The van der Waals surface area contributed by atoms with Crippen LogP contribution in [0, 0.1) is 0 Å². The van der Waals surface area contributed by atoms with Crippen LogP contribution in [0.4, 0.5) is 5.69 Å². The summed E-state index contributed by atoms with van der Waals surface area (Å²) < 4.78 is 1.62. The lowest BCUT2D eigenvalue weighted by atomic mass is 10.1. The molecule has 0 bridgehead atoms. The minimum Gasteiger partial charge on any atom is -0.478 e. The van der Waals surface area contributed by atoms with Gasteiger partial charge in [0.2, 0.25) is 0 Å². The maximum absolute atomic E-state index is 11.1. The van der Waals surface area contributed by atoms with Crippen molar-refractivity contribution < 1.29 is 9.90 Å². The van der Waals surface area contributed by atoms with Crippen LogP contribution in [0.15, 0.2) is 12.4 Å². The van der Waals surface area contributed by atoms with E-state index in [2.05, 4.69) is 15.4 Å². The Morgan fingerprint density at radius 2 is 2.24 bits per heavy atom. The number of rotatable bonds is 3. The molecule has 17 heavy (non-hydrogen) atoms. The zero-order chi connectivity index (χ0) is 12.6. The van der Waals surface area contributed by atoms with Crippen LogP contribution in [0.25, 0.3) is 11.0 Å². The first-order valence-electron chi connectivity index (χ1n) is 5.31. The molecule has 0 atom stereocenters. The summed E-state index contributed by atoms with van der Waals surface area (Å²) in [5.74, 6) is -0.994. The van der Waals surface area contributed by atoms with Gasteiger partial charge in [0, 0.05) is 25.5 Å². The van der Waals surface area contributed by atoms with Crippen LogP contribution in [0.3, 0.4) is 0 Å². The lowest BCUT2D eigenvalue weighted by molar-refractivity contribution is 0.0697. The first-order valence-corrected chi connectivity index (χ1v) is 5.31. The Labute approximate surface area is 98.3 Å². The molecule has 2 heterocycles. The van der Waals surface area contributed by atoms with E-state index in [0.717, 1.165) is 5.39 Å². The third-order valence-corrected chi connectivity index (χ3v) is 2.33. The molecule has 2 aromatic heterocycles. The second-order valence-electron chi connectivity index (χ2n) is 4.19. The fourth-order valence-electron chi connectivity index (χ4n) is 1.69. The van der Waals surface area contributed by atoms with Crippen molar-refractivity contribution in [1.82, 2.24) is 14.8 Å². The van der Waals surface area contributed by atoms with E-state index in [-0.39, 0.29) is 11.6 Å². The van der Waals surface area contributed by atoms with Gasteiger partial charge in [-0.05, 0) is 13.8 Å². The Kier molecular flexibility index (Phi) is 2.71. The molecule has 2 aromatic rings. The van der Waals surface area contributed by atoms with Crippen LogP contribution in [-0.4, -0.2) is 31.9 Å². The summed E-state index contributed by atoms with van der Waals surface area (Å²) in [5, 5.41) is 17.2. The minimum absolute atomic E-state index is 0.138. The topological polar surface area (TPSA) is 80.0 Å². The quantitative estimate of drug-likeness (QED) is 0.841. The first kappa shape index (κ1) is 11.4. The molecule has 2 N–H and O–H groups in total. The van der Waals surface area contributed by atoms with Crippen molar-refractivity contribution in [3.05, 3.63) is 18.0 Å². The maximum atomic E-state index is 11.1. The molecule has 0 fully saturated rings. The fraction of sp³-hybridized carbons (Fsp3) is 0.364. The van der Waals surface area contributed by atoms with Crippen molar-refractivity contribution in [2.75, 3.05) is 5.32 Å². The van der Waals surface area contributed by atoms with E-state index >= 15 is 0 Å². The summed E-state index contributed by atoms with van der Waals surface area (Å²) in [6.07, 6.45) is 3.10. The van der Waals surface area contributed by atoms with Gasteiger partial charge in [0.15, 0.2) is 5.65 Å². The molecular weight excluding hydrogens is 220 g/mol. The van der Waals surface area contributed by atoms with Crippen LogP contribution < -0.4 is 5.32 Å². The van der Waals surface area contributed by atoms with Crippen molar-refractivity contribution in [3.63, 3.8) is 0 Å².